The highest BCUT2D eigenvalue weighted by Crippen LogP contribution is 2.26. The second-order valence-corrected chi connectivity index (χ2v) is 5.26. The van der Waals surface area contributed by atoms with E-state index in [2.05, 4.69) is 18.9 Å². The first-order valence-corrected chi connectivity index (χ1v) is 4.95. The molecule has 0 amide bonds. The summed E-state index contributed by atoms with van der Waals surface area (Å²) in [6.07, 6.45) is 4.53. The van der Waals surface area contributed by atoms with Gasteiger partial charge in [0.25, 0.3) is 0 Å². The average molecular weight is 196 g/mol. The molecule has 0 radical (unpaired) electrons. The van der Waals surface area contributed by atoms with Gasteiger partial charge < -0.3 is 5.11 Å². The van der Waals surface area contributed by atoms with E-state index in [9.17, 15) is 5.11 Å². The first kappa shape index (κ1) is 11.2. The van der Waals surface area contributed by atoms with E-state index in [-0.39, 0.29) is 5.54 Å². The third kappa shape index (κ3) is 2.84. The molecule has 1 aromatic rings. The van der Waals surface area contributed by atoms with Gasteiger partial charge in [-0.05, 0) is 40.2 Å². The smallest absolute Gasteiger partial charge is 0.0614 e. The van der Waals surface area contributed by atoms with Crippen molar-refractivity contribution < 1.29 is 5.11 Å². The van der Waals surface area contributed by atoms with Crippen LogP contribution in [-0.4, -0.2) is 20.5 Å². The highest BCUT2D eigenvalue weighted by molar-refractivity contribution is 5.02. The number of aryl methyl sites for hydroxylation is 1. The van der Waals surface area contributed by atoms with E-state index in [1.807, 2.05) is 37.8 Å². The number of hydrogen-bond donors (Lipinski definition) is 1. The van der Waals surface area contributed by atoms with Crippen molar-refractivity contribution in [2.24, 2.45) is 0 Å². The minimum absolute atomic E-state index is 0.146. The lowest BCUT2D eigenvalue weighted by Gasteiger charge is -2.31. The van der Waals surface area contributed by atoms with Crippen molar-refractivity contribution in [1.29, 1.82) is 0 Å². The number of rotatable bonds is 3. The lowest BCUT2D eigenvalue weighted by molar-refractivity contribution is 0.0318. The molecule has 0 aromatic carbocycles. The average Bonchev–Trinajstić information content (AvgIpc) is 2.29. The van der Waals surface area contributed by atoms with Gasteiger partial charge in [-0.1, -0.05) is 0 Å². The lowest BCUT2D eigenvalue weighted by Crippen LogP contribution is -2.36. The van der Waals surface area contributed by atoms with Gasteiger partial charge in [0.2, 0.25) is 0 Å². The Kier molecular flexibility index (Phi) is 2.72. The van der Waals surface area contributed by atoms with Crippen LogP contribution in [0.3, 0.4) is 0 Å². The molecule has 3 nitrogen and oxygen atoms in total. The maximum atomic E-state index is 9.78. The predicted molar refractivity (Wildman–Crippen MR) is 57.2 cm³/mol. The summed E-state index contributed by atoms with van der Waals surface area (Å²) in [4.78, 5) is 0. The van der Waals surface area contributed by atoms with E-state index < -0.39 is 5.60 Å². The summed E-state index contributed by atoms with van der Waals surface area (Å²) in [6, 6.07) is 0. The number of aliphatic hydroxyl groups is 1. The van der Waals surface area contributed by atoms with E-state index in [4.69, 9.17) is 0 Å². The highest BCUT2D eigenvalue weighted by atomic mass is 16.3. The van der Waals surface area contributed by atoms with Crippen LogP contribution in [0.15, 0.2) is 12.4 Å². The molecule has 0 aliphatic carbocycles. The van der Waals surface area contributed by atoms with Crippen LogP contribution in [0.5, 0.6) is 0 Å². The molecule has 0 saturated heterocycles. The fourth-order valence-electron chi connectivity index (χ4n) is 1.88. The van der Waals surface area contributed by atoms with E-state index >= 15 is 0 Å². The maximum Gasteiger partial charge on any atom is 0.0614 e. The molecule has 1 aromatic heterocycles. The van der Waals surface area contributed by atoms with E-state index in [0.717, 1.165) is 5.56 Å². The van der Waals surface area contributed by atoms with Crippen LogP contribution in [0.2, 0.25) is 0 Å². The third-order valence-corrected chi connectivity index (χ3v) is 2.20. The molecule has 0 saturated carbocycles. The second-order valence-electron chi connectivity index (χ2n) is 5.26. The lowest BCUT2D eigenvalue weighted by atomic mass is 9.90. The quantitative estimate of drug-likeness (QED) is 0.803. The topological polar surface area (TPSA) is 38.0 Å². The van der Waals surface area contributed by atoms with Gasteiger partial charge in [0.05, 0.1) is 17.3 Å². The Morgan fingerprint density at radius 3 is 2.29 bits per heavy atom. The van der Waals surface area contributed by atoms with Crippen LogP contribution in [0.25, 0.3) is 0 Å². The molecule has 0 atom stereocenters. The van der Waals surface area contributed by atoms with Gasteiger partial charge in [-0.15, -0.1) is 0 Å². The molecule has 1 N–H and O–H groups in total. The molecule has 0 bridgehead atoms. The monoisotopic (exact) mass is 196 g/mol. The van der Waals surface area contributed by atoms with Crippen molar-refractivity contribution in [3.05, 3.63) is 18.0 Å². The molecule has 80 valence electrons. The van der Waals surface area contributed by atoms with Crippen molar-refractivity contribution in [3.63, 3.8) is 0 Å². The van der Waals surface area contributed by atoms with Gasteiger partial charge in [0, 0.05) is 12.6 Å². The first-order chi connectivity index (χ1) is 6.21. The first-order valence-electron chi connectivity index (χ1n) is 4.95. The summed E-state index contributed by atoms with van der Waals surface area (Å²) in [7, 11) is 0. The maximum absolute atomic E-state index is 9.78. The standard InChI is InChI=1S/C11H20N2O/c1-9-6-12-13(7-9)10(2,3)8-11(4,5)14/h6-7,14H,8H2,1-5H3. The Morgan fingerprint density at radius 2 is 1.93 bits per heavy atom. The zero-order valence-corrected chi connectivity index (χ0v) is 9.70. The molecule has 1 rings (SSSR count). The number of aromatic nitrogens is 2. The third-order valence-electron chi connectivity index (χ3n) is 2.20. The molecule has 0 aliphatic heterocycles. The van der Waals surface area contributed by atoms with Crippen molar-refractivity contribution in [1.82, 2.24) is 9.78 Å². The molecular formula is C11H20N2O. The summed E-state index contributed by atoms with van der Waals surface area (Å²) in [5.74, 6) is 0. The van der Waals surface area contributed by atoms with Crippen molar-refractivity contribution in [2.75, 3.05) is 0 Å². The number of nitrogens with zero attached hydrogens (tertiary/aromatic N) is 2. The summed E-state index contributed by atoms with van der Waals surface area (Å²) in [5.41, 5.74) is 0.337. The van der Waals surface area contributed by atoms with Crippen molar-refractivity contribution in [3.8, 4) is 0 Å². The molecule has 14 heavy (non-hydrogen) atoms. The van der Waals surface area contributed by atoms with Gasteiger partial charge in [-0.25, -0.2) is 0 Å². The molecular weight excluding hydrogens is 176 g/mol. The van der Waals surface area contributed by atoms with Crippen LogP contribution in [0.4, 0.5) is 0 Å². The zero-order valence-electron chi connectivity index (χ0n) is 9.70. The minimum Gasteiger partial charge on any atom is -0.390 e. The Balaban J connectivity index is 2.85. The number of hydrogen-bond acceptors (Lipinski definition) is 2. The Morgan fingerprint density at radius 1 is 1.36 bits per heavy atom. The fraction of sp³-hybridized carbons (Fsp3) is 0.727. The Labute approximate surface area is 85.8 Å². The molecule has 0 unspecified atom stereocenters. The minimum atomic E-state index is -0.663. The van der Waals surface area contributed by atoms with Crippen LogP contribution in [0.1, 0.15) is 39.7 Å². The summed E-state index contributed by atoms with van der Waals surface area (Å²) >= 11 is 0. The van der Waals surface area contributed by atoms with Crippen LogP contribution >= 0.6 is 0 Å². The predicted octanol–water partition coefficient (Wildman–Crippen LogP) is 2.09. The Hall–Kier alpha value is -0.830. The normalized spacial score (nSPS) is 13.3. The van der Waals surface area contributed by atoms with Crippen LogP contribution < -0.4 is 0 Å². The van der Waals surface area contributed by atoms with Gasteiger partial charge in [-0.2, -0.15) is 5.10 Å². The van der Waals surface area contributed by atoms with Crippen molar-refractivity contribution >= 4 is 0 Å². The molecule has 0 spiro atoms. The van der Waals surface area contributed by atoms with Crippen molar-refractivity contribution in [2.45, 2.75) is 52.2 Å². The summed E-state index contributed by atoms with van der Waals surface area (Å²) in [6.45, 7) is 9.83. The highest BCUT2D eigenvalue weighted by Gasteiger charge is 2.28. The van der Waals surface area contributed by atoms with E-state index in [1.165, 1.54) is 0 Å². The zero-order chi connectivity index (χ0) is 11.0. The van der Waals surface area contributed by atoms with Gasteiger partial charge in [0.15, 0.2) is 0 Å². The molecule has 0 aliphatic rings. The Bertz CT molecular complexity index is 307. The largest absolute Gasteiger partial charge is 0.390 e. The molecule has 3 heteroatoms. The van der Waals surface area contributed by atoms with E-state index in [1.54, 1.807) is 0 Å². The summed E-state index contributed by atoms with van der Waals surface area (Å²) in [5, 5.41) is 14.1. The fourth-order valence-corrected chi connectivity index (χ4v) is 1.88. The molecule has 1 heterocycles. The van der Waals surface area contributed by atoms with Gasteiger partial charge >= 0.3 is 0 Å². The van der Waals surface area contributed by atoms with Gasteiger partial charge in [0.1, 0.15) is 0 Å². The van der Waals surface area contributed by atoms with Gasteiger partial charge in [-0.3, -0.25) is 4.68 Å². The van der Waals surface area contributed by atoms with Crippen LogP contribution in [0, 0.1) is 6.92 Å². The summed E-state index contributed by atoms with van der Waals surface area (Å²) < 4.78 is 1.92. The molecule has 0 fully saturated rings. The van der Waals surface area contributed by atoms with E-state index in [0.29, 0.717) is 6.42 Å². The second kappa shape index (κ2) is 3.39. The van der Waals surface area contributed by atoms with Crippen LogP contribution in [-0.2, 0) is 5.54 Å². The SMILES string of the molecule is Cc1cnn(C(C)(C)CC(C)(C)O)c1.